The summed E-state index contributed by atoms with van der Waals surface area (Å²) in [5.74, 6) is -0.0236. The summed E-state index contributed by atoms with van der Waals surface area (Å²) in [5.41, 5.74) is -1.02. The summed E-state index contributed by atoms with van der Waals surface area (Å²) in [6.45, 7) is 4.52. The number of carboxylic acids is 1. The van der Waals surface area contributed by atoms with E-state index < -0.39 is 17.5 Å². The third-order valence-electron chi connectivity index (χ3n) is 4.62. The van der Waals surface area contributed by atoms with Crippen molar-refractivity contribution in [1.82, 2.24) is 4.90 Å². The van der Waals surface area contributed by atoms with E-state index in [4.69, 9.17) is 4.74 Å². The minimum absolute atomic E-state index is 0.419. The lowest BCUT2D eigenvalue weighted by molar-refractivity contribution is -0.164. The van der Waals surface area contributed by atoms with Crippen molar-refractivity contribution in [3.8, 4) is 5.75 Å². The van der Waals surface area contributed by atoms with Crippen LogP contribution in [0, 0.1) is 5.41 Å². The first-order valence-electron chi connectivity index (χ1n) is 8.40. The summed E-state index contributed by atoms with van der Waals surface area (Å²) < 4.78 is 5.67. The molecule has 0 aromatic heterocycles. The van der Waals surface area contributed by atoms with E-state index in [1.165, 1.54) is 0 Å². The molecule has 5 heteroatoms. The monoisotopic (exact) mass is 321 g/mol. The molecular formula is C18H27NO4. The first-order valence-corrected chi connectivity index (χ1v) is 8.40. The van der Waals surface area contributed by atoms with Gasteiger partial charge in [0.25, 0.3) is 0 Å². The van der Waals surface area contributed by atoms with Crippen molar-refractivity contribution >= 4 is 5.97 Å². The quantitative estimate of drug-likeness (QED) is 0.720. The highest BCUT2D eigenvalue weighted by Gasteiger charge is 2.48. The minimum atomic E-state index is -1.02. The Morgan fingerprint density at radius 2 is 2.13 bits per heavy atom. The number of aliphatic hydroxyl groups excluding tert-OH is 1. The van der Waals surface area contributed by atoms with Crippen LogP contribution < -0.4 is 4.74 Å². The van der Waals surface area contributed by atoms with E-state index in [9.17, 15) is 15.0 Å². The summed E-state index contributed by atoms with van der Waals surface area (Å²) in [7, 11) is 0. The van der Waals surface area contributed by atoms with Gasteiger partial charge in [0.2, 0.25) is 0 Å². The van der Waals surface area contributed by atoms with Crippen molar-refractivity contribution < 1.29 is 19.7 Å². The van der Waals surface area contributed by atoms with Crippen molar-refractivity contribution in [2.24, 2.45) is 5.41 Å². The van der Waals surface area contributed by atoms with Crippen LogP contribution in [0.3, 0.4) is 0 Å². The van der Waals surface area contributed by atoms with Gasteiger partial charge >= 0.3 is 5.97 Å². The summed E-state index contributed by atoms with van der Waals surface area (Å²) >= 11 is 0. The minimum Gasteiger partial charge on any atom is -0.494 e. The molecule has 1 heterocycles. The third-order valence-corrected chi connectivity index (χ3v) is 4.62. The molecule has 1 aromatic carbocycles. The maximum atomic E-state index is 11.7. The predicted octanol–water partition coefficient (Wildman–Crippen LogP) is 2.39. The van der Waals surface area contributed by atoms with Crippen LogP contribution in [0.25, 0.3) is 0 Å². The molecule has 2 atom stereocenters. The van der Waals surface area contributed by atoms with Crippen molar-refractivity contribution in [2.45, 2.75) is 38.7 Å². The number of likely N-dealkylation sites (tertiary alicyclic amines) is 1. The van der Waals surface area contributed by atoms with E-state index >= 15 is 0 Å². The normalized spacial score (nSPS) is 25.2. The molecule has 128 valence electrons. The number of carbonyl (C=O) groups is 1. The maximum absolute atomic E-state index is 11.7. The number of nitrogens with zero attached hydrogens (tertiary/aromatic N) is 1. The Hall–Kier alpha value is -1.59. The molecule has 0 aliphatic carbocycles. The average molecular weight is 321 g/mol. The molecule has 0 spiro atoms. The Morgan fingerprint density at radius 1 is 1.39 bits per heavy atom. The Balaban J connectivity index is 1.82. The molecule has 0 unspecified atom stereocenters. The fourth-order valence-electron chi connectivity index (χ4n) is 3.36. The second kappa shape index (κ2) is 8.31. The summed E-state index contributed by atoms with van der Waals surface area (Å²) in [5, 5.41) is 19.8. The molecule has 0 amide bonds. The highest BCUT2D eigenvalue weighted by Crippen LogP contribution is 2.35. The van der Waals surface area contributed by atoms with Gasteiger partial charge in [0.1, 0.15) is 11.2 Å². The molecule has 0 saturated carbocycles. The van der Waals surface area contributed by atoms with Crippen LogP contribution in [0.5, 0.6) is 5.75 Å². The number of aliphatic hydroxyl groups is 1. The number of aliphatic carboxylic acids is 1. The molecule has 5 nitrogen and oxygen atoms in total. The van der Waals surface area contributed by atoms with Crippen molar-refractivity contribution in [3.05, 3.63) is 30.3 Å². The highest BCUT2D eigenvalue weighted by molar-refractivity contribution is 5.76. The van der Waals surface area contributed by atoms with Gasteiger partial charge in [-0.1, -0.05) is 31.5 Å². The Bertz CT molecular complexity index is 493. The van der Waals surface area contributed by atoms with Gasteiger partial charge in [-0.15, -0.1) is 0 Å². The lowest BCUT2D eigenvalue weighted by Crippen LogP contribution is -2.56. The number of hydrogen-bond donors (Lipinski definition) is 2. The van der Waals surface area contributed by atoms with Gasteiger partial charge in [-0.2, -0.15) is 0 Å². The standard InChI is InChI=1S/C18H27NO4/c1-2-10-18(17(21)22)14-19(12-9-16(18)20)11-6-13-23-15-7-4-3-5-8-15/h3-5,7-8,16,20H,2,6,9-14H2,1H3,(H,21,22)/t16-,18+/m1/s1. The first kappa shape index (κ1) is 17.8. The van der Waals surface area contributed by atoms with E-state index in [0.717, 1.165) is 31.7 Å². The zero-order valence-electron chi connectivity index (χ0n) is 13.8. The fourth-order valence-corrected chi connectivity index (χ4v) is 3.36. The van der Waals surface area contributed by atoms with Gasteiger partial charge < -0.3 is 19.8 Å². The van der Waals surface area contributed by atoms with Crippen LogP contribution in [0.15, 0.2) is 30.3 Å². The Labute approximate surface area is 137 Å². The van der Waals surface area contributed by atoms with Crippen LogP contribution in [-0.4, -0.2) is 53.4 Å². The van der Waals surface area contributed by atoms with Gasteiger partial charge in [0.15, 0.2) is 0 Å². The predicted molar refractivity (Wildman–Crippen MR) is 88.6 cm³/mol. The molecule has 2 N–H and O–H groups in total. The van der Waals surface area contributed by atoms with Gasteiger partial charge in [-0.3, -0.25) is 4.79 Å². The molecule has 1 aromatic rings. The molecule has 1 fully saturated rings. The zero-order chi connectivity index (χ0) is 16.7. The van der Waals surface area contributed by atoms with Crippen LogP contribution in [0.1, 0.15) is 32.6 Å². The largest absolute Gasteiger partial charge is 0.494 e. The van der Waals surface area contributed by atoms with Crippen LogP contribution in [-0.2, 0) is 4.79 Å². The van der Waals surface area contributed by atoms with Crippen LogP contribution >= 0.6 is 0 Å². The number of para-hydroxylation sites is 1. The van der Waals surface area contributed by atoms with E-state index in [2.05, 4.69) is 4.90 Å². The molecule has 1 saturated heterocycles. The summed E-state index contributed by atoms with van der Waals surface area (Å²) in [4.78, 5) is 13.9. The fraction of sp³-hybridized carbons (Fsp3) is 0.611. The average Bonchev–Trinajstić information content (AvgIpc) is 2.55. The lowest BCUT2D eigenvalue weighted by Gasteiger charge is -2.43. The molecular weight excluding hydrogens is 294 g/mol. The second-order valence-electron chi connectivity index (χ2n) is 6.31. The number of piperidine rings is 1. The van der Waals surface area contributed by atoms with E-state index in [1.807, 2.05) is 37.3 Å². The zero-order valence-corrected chi connectivity index (χ0v) is 13.8. The molecule has 23 heavy (non-hydrogen) atoms. The number of hydrogen-bond acceptors (Lipinski definition) is 4. The SMILES string of the molecule is CCC[C@]1(C(=O)O)CN(CCCOc2ccccc2)CC[C@H]1O. The number of carboxylic acid groups (broad SMARTS) is 1. The molecule has 1 aliphatic rings. The van der Waals surface area contributed by atoms with E-state index in [1.54, 1.807) is 0 Å². The van der Waals surface area contributed by atoms with Gasteiger partial charge in [0.05, 0.1) is 12.7 Å². The van der Waals surface area contributed by atoms with E-state index in [-0.39, 0.29) is 0 Å². The Morgan fingerprint density at radius 3 is 2.78 bits per heavy atom. The van der Waals surface area contributed by atoms with Crippen LogP contribution in [0.4, 0.5) is 0 Å². The van der Waals surface area contributed by atoms with E-state index in [0.29, 0.717) is 26.0 Å². The summed E-state index contributed by atoms with van der Waals surface area (Å²) in [6.07, 6.45) is 1.88. The first-order chi connectivity index (χ1) is 11.1. The Kier molecular flexibility index (Phi) is 6.42. The van der Waals surface area contributed by atoms with Crippen molar-refractivity contribution in [2.75, 3.05) is 26.2 Å². The molecule has 2 rings (SSSR count). The van der Waals surface area contributed by atoms with Crippen molar-refractivity contribution in [3.63, 3.8) is 0 Å². The smallest absolute Gasteiger partial charge is 0.313 e. The second-order valence-corrected chi connectivity index (χ2v) is 6.31. The van der Waals surface area contributed by atoms with Crippen LogP contribution in [0.2, 0.25) is 0 Å². The molecule has 1 aliphatic heterocycles. The summed E-state index contributed by atoms with van der Waals surface area (Å²) in [6, 6.07) is 9.67. The van der Waals surface area contributed by atoms with Crippen molar-refractivity contribution in [1.29, 1.82) is 0 Å². The highest BCUT2D eigenvalue weighted by atomic mass is 16.5. The lowest BCUT2D eigenvalue weighted by atomic mass is 9.74. The third kappa shape index (κ3) is 4.45. The topological polar surface area (TPSA) is 70.0 Å². The van der Waals surface area contributed by atoms with Gasteiger partial charge in [-0.25, -0.2) is 0 Å². The molecule has 0 radical (unpaired) electrons. The molecule has 0 bridgehead atoms. The van der Waals surface area contributed by atoms with Gasteiger partial charge in [0, 0.05) is 19.6 Å². The number of rotatable bonds is 8. The number of ether oxygens (including phenoxy) is 1. The van der Waals surface area contributed by atoms with Gasteiger partial charge in [-0.05, 0) is 31.4 Å². The maximum Gasteiger partial charge on any atom is 0.313 e. The number of benzene rings is 1.